The Morgan fingerprint density at radius 2 is 1.47 bits per heavy atom. The van der Waals surface area contributed by atoms with Crippen molar-refractivity contribution in [2.45, 2.75) is 32.2 Å². The molecule has 9 nitrogen and oxygen atoms in total. The summed E-state index contributed by atoms with van der Waals surface area (Å²) in [7, 11) is 0. The minimum absolute atomic E-state index is 0.00368. The quantitative estimate of drug-likeness (QED) is 0.427. The van der Waals surface area contributed by atoms with Crippen molar-refractivity contribution in [2.24, 2.45) is 0 Å². The molecule has 0 bridgehead atoms. The van der Waals surface area contributed by atoms with Crippen LogP contribution in [-0.2, 0) is 13.0 Å². The van der Waals surface area contributed by atoms with Gasteiger partial charge >= 0.3 is 11.8 Å². The molecule has 1 aliphatic heterocycles. The van der Waals surface area contributed by atoms with Gasteiger partial charge in [0.05, 0.1) is 10.9 Å². The van der Waals surface area contributed by atoms with Crippen molar-refractivity contribution < 1.29 is 8.83 Å². The lowest BCUT2D eigenvalue weighted by atomic mass is 10.1. The van der Waals surface area contributed by atoms with Crippen LogP contribution < -0.4 is 5.56 Å². The van der Waals surface area contributed by atoms with Crippen molar-refractivity contribution in [3.05, 3.63) is 64.7 Å². The average molecular weight is 426 g/mol. The maximum atomic E-state index is 12.9. The van der Waals surface area contributed by atoms with Crippen LogP contribution >= 0.6 is 0 Å². The Morgan fingerprint density at radius 3 is 2.25 bits per heavy atom. The number of nitrogens with zero attached hydrogens (tertiary/aromatic N) is 6. The van der Waals surface area contributed by atoms with Crippen LogP contribution in [0.3, 0.4) is 0 Å². The fourth-order valence-corrected chi connectivity index (χ4v) is 3.98. The Bertz CT molecular complexity index is 1480. The third-order valence-corrected chi connectivity index (χ3v) is 5.62. The number of aromatic nitrogens is 6. The highest BCUT2D eigenvalue weighted by Crippen LogP contribution is 2.27. The number of hydrogen-bond donors (Lipinski definition) is 0. The second-order valence-corrected chi connectivity index (χ2v) is 7.72. The van der Waals surface area contributed by atoms with Crippen molar-refractivity contribution in [1.29, 1.82) is 0 Å². The average Bonchev–Trinajstić information content (AvgIpc) is 3.45. The van der Waals surface area contributed by atoms with E-state index in [0.717, 1.165) is 43.6 Å². The van der Waals surface area contributed by atoms with Crippen LogP contribution in [0, 0.1) is 0 Å². The topological polar surface area (TPSA) is 113 Å². The van der Waals surface area contributed by atoms with E-state index in [2.05, 4.69) is 20.4 Å². The van der Waals surface area contributed by atoms with Crippen molar-refractivity contribution in [2.75, 3.05) is 0 Å². The van der Waals surface area contributed by atoms with E-state index in [1.165, 1.54) is 0 Å². The van der Waals surface area contributed by atoms with Crippen LogP contribution in [0.5, 0.6) is 0 Å². The zero-order valence-electron chi connectivity index (χ0n) is 17.1. The van der Waals surface area contributed by atoms with E-state index in [-0.39, 0.29) is 17.3 Å². The predicted molar refractivity (Wildman–Crippen MR) is 116 cm³/mol. The second kappa shape index (κ2) is 7.52. The lowest BCUT2D eigenvalue weighted by Crippen LogP contribution is -2.24. The molecule has 0 amide bonds. The molecule has 32 heavy (non-hydrogen) atoms. The summed E-state index contributed by atoms with van der Waals surface area (Å²) >= 11 is 0. The number of benzene rings is 2. The molecule has 1 aliphatic rings. The zero-order valence-corrected chi connectivity index (χ0v) is 17.1. The Balaban J connectivity index is 1.35. The third kappa shape index (κ3) is 3.18. The Morgan fingerprint density at radius 1 is 0.750 bits per heavy atom. The Kier molecular flexibility index (Phi) is 4.38. The maximum absolute atomic E-state index is 12.9. The largest absolute Gasteiger partial charge is 0.412 e. The molecule has 0 radical (unpaired) electrons. The Hall–Kier alpha value is -4.14. The van der Waals surface area contributed by atoms with E-state index in [4.69, 9.17) is 13.8 Å². The lowest BCUT2D eigenvalue weighted by molar-refractivity contribution is 0.522. The monoisotopic (exact) mass is 426 g/mol. The second-order valence-electron chi connectivity index (χ2n) is 7.72. The van der Waals surface area contributed by atoms with Gasteiger partial charge < -0.3 is 8.83 Å². The molecule has 0 aliphatic carbocycles. The van der Waals surface area contributed by atoms with Crippen molar-refractivity contribution in [1.82, 2.24) is 29.9 Å². The third-order valence-electron chi connectivity index (χ3n) is 5.62. The molecular weight excluding hydrogens is 408 g/mol. The molecule has 0 N–H and O–H groups in total. The van der Waals surface area contributed by atoms with Crippen LogP contribution in [0.15, 0.2) is 62.2 Å². The van der Waals surface area contributed by atoms with E-state index in [1.807, 2.05) is 36.4 Å². The summed E-state index contributed by atoms with van der Waals surface area (Å²) < 4.78 is 13.3. The molecule has 9 heteroatoms. The van der Waals surface area contributed by atoms with Gasteiger partial charge in [-0.15, -0.1) is 20.4 Å². The number of rotatable bonds is 3. The molecule has 0 saturated carbocycles. The molecule has 0 atom stereocenters. The summed E-state index contributed by atoms with van der Waals surface area (Å²) in [5.74, 6) is 1.77. The van der Waals surface area contributed by atoms with Crippen LogP contribution in [0.25, 0.3) is 45.6 Å². The fourth-order valence-electron chi connectivity index (χ4n) is 3.98. The Labute approximate surface area is 181 Å². The minimum Gasteiger partial charge on any atom is -0.412 e. The van der Waals surface area contributed by atoms with Gasteiger partial charge in [-0.2, -0.15) is 0 Å². The van der Waals surface area contributed by atoms with Crippen LogP contribution in [0.1, 0.15) is 25.1 Å². The van der Waals surface area contributed by atoms with Crippen LogP contribution in [-0.4, -0.2) is 29.9 Å². The highest BCUT2D eigenvalue weighted by molar-refractivity contribution is 5.82. The molecule has 0 saturated heterocycles. The zero-order chi connectivity index (χ0) is 21.5. The van der Waals surface area contributed by atoms with Crippen molar-refractivity contribution in [3.63, 3.8) is 0 Å². The molecule has 4 heterocycles. The molecule has 5 aromatic rings. The lowest BCUT2D eigenvalue weighted by Gasteiger charge is -2.10. The van der Waals surface area contributed by atoms with E-state index in [9.17, 15) is 4.79 Å². The molecule has 0 spiro atoms. The normalized spacial score (nSPS) is 13.8. The first-order chi connectivity index (χ1) is 15.8. The van der Waals surface area contributed by atoms with E-state index < -0.39 is 0 Å². The summed E-state index contributed by atoms with van der Waals surface area (Å²) in [5.41, 5.74) is 2.11. The van der Waals surface area contributed by atoms with Crippen molar-refractivity contribution >= 4 is 10.9 Å². The van der Waals surface area contributed by atoms with Crippen LogP contribution in [0.2, 0.25) is 0 Å². The predicted octanol–water partition coefficient (Wildman–Crippen LogP) is 3.89. The van der Waals surface area contributed by atoms with Gasteiger partial charge in [-0.05, 0) is 43.2 Å². The highest BCUT2D eigenvalue weighted by Gasteiger charge is 2.19. The fraction of sp³-hybridized carbons (Fsp3) is 0.217. The van der Waals surface area contributed by atoms with Gasteiger partial charge in [-0.25, -0.2) is 4.98 Å². The van der Waals surface area contributed by atoms with Gasteiger partial charge in [0.25, 0.3) is 5.56 Å². The summed E-state index contributed by atoms with van der Waals surface area (Å²) in [6.07, 6.45) is 3.96. The summed E-state index contributed by atoms with van der Waals surface area (Å²) in [5, 5.41) is 16.8. The van der Waals surface area contributed by atoms with Crippen molar-refractivity contribution in [3.8, 4) is 34.7 Å². The number of hydrogen-bond acceptors (Lipinski definition) is 8. The smallest absolute Gasteiger partial charge is 0.306 e. The van der Waals surface area contributed by atoms with E-state index in [1.54, 1.807) is 16.7 Å². The molecule has 158 valence electrons. The van der Waals surface area contributed by atoms with Gasteiger partial charge in [0, 0.05) is 24.1 Å². The van der Waals surface area contributed by atoms with Gasteiger partial charge in [-0.3, -0.25) is 9.36 Å². The standard InChI is InChI=1S/C23H18N6O3/c30-23-16-11-10-15(13-17(16)24-18-9-5-2-6-12-29(18)23)20-26-28-22(32-20)21-27-25-19(31-21)14-7-3-1-4-8-14/h1,3-4,7-8,10-11,13H,2,5-6,9,12H2. The van der Waals surface area contributed by atoms with E-state index >= 15 is 0 Å². The number of fused-ring (bicyclic) bond motifs is 2. The summed E-state index contributed by atoms with van der Waals surface area (Å²) in [4.78, 5) is 17.7. The van der Waals surface area contributed by atoms with Gasteiger partial charge in [0.2, 0.25) is 11.8 Å². The first-order valence-electron chi connectivity index (χ1n) is 10.5. The molecular formula is C23H18N6O3. The highest BCUT2D eigenvalue weighted by atomic mass is 16.4. The van der Waals surface area contributed by atoms with Gasteiger partial charge in [0.1, 0.15) is 5.82 Å². The van der Waals surface area contributed by atoms with Gasteiger partial charge in [-0.1, -0.05) is 24.6 Å². The molecule has 3 aromatic heterocycles. The first kappa shape index (κ1) is 18.6. The van der Waals surface area contributed by atoms with Gasteiger partial charge in [0.15, 0.2) is 0 Å². The molecule has 2 aromatic carbocycles. The van der Waals surface area contributed by atoms with E-state index in [0.29, 0.717) is 28.2 Å². The SMILES string of the molecule is O=c1c2ccc(-c3nnc(-c4nnc(-c5ccccc5)o4)o3)cc2nc2n1CCCCC2. The molecule has 0 unspecified atom stereocenters. The minimum atomic E-state index is 0.00368. The molecule has 6 rings (SSSR count). The summed E-state index contributed by atoms with van der Waals surface area (Å²) in [6.45, 7) is 0.723. The maximum Gasteiger partial charge on any atom is 0.306 e. The van der Waals surface area contributed by atoms with Crippen LogP contribution in [0.4, 0.5) is 0 Å². The number of aryl methyl sites for hydroxylation is 1. The summed E-state index contributed by atoms with van der Waals surface area (Å²) in [6, 6.07) is 14.8. The first-order valence-corrected chi connectivity index (χ1v) is 10.5. The molecule has 0 fully saturated rings.